The van der Waals surface area contributed by atoms with Gasteiger partial charge in [-0.1, -0.05) is 0 Å². The smallest absolute Gasteiger partial charge is 0.322 e. The highest BCUT2D eigenvalue weighted by atomic mass is 32.2. The first kappa shape index (κ1) is 16.8. The van der Waals surface area contributed by atoms with Gasteiger partial charge in [0.05, 0.1) is 17.9 Å². The van der Waals surface area contributed by atoms with Gasteiger partial charge in [0.1, 0.15) is 15.9 Å². The van der Waals surface area contributed by atoms with Crippen LogP contribution < -0.4 is 10.5 Å². The number of hydrogen-bond acceptors (Lipinski definition) is 6. The Morgan fingerprint density at radius 1 is 1.22 bits per heavy atom. The molecule has 0 unspecified atom stereocenters. The summed E-state index contributed by atoms with van der Waals surface area (Å²) in [6.45, 7) is 0. The Morgan fingerprint density at radius 3 is 2.06 bits per heavy atom. The molecule has 0 aliphatic rings. The minimum absolute atomic E-state index is 0.648. The second-order valence-corrected chi connectivity index (χ2v) is 7.76. The fourth-order valence-electron chi connectivity index (χ4n) is 0.917. The summed E-state index contributed by atoms with van der Waals surface area (Å²) >= 11 is 0. The maximum Gasteiger partial charge on any atom is 0.322 e. The van der Waals surface area contributed by atoms with Crippen LogP contribution in [0.5, 0.6) is 0 Å². The third-order valence-corrected chi connectivity index (χ3v) is 4.34. The molecule has 0 aliphatic carbocycles. The molecule has 0 aromatic heterocycles. The molecule has 18 heavy (non-hydrogen) atoms. The molecule has 0 bridgehead atoms. The molecular formula is C7H14N2O7S2. The van der Waals surface area contributed by atoms with Gasteiger partial charge in [0.2, 0.25) is 15.9 Å². The molecule has 11 heteroatoms. The van der Waals surface area contributed by atoms with Gasteiger partial charge in [-0.05, 0) is 0 Å². The van der Waals surface area contributed by atoms with Gasteiger partial charge in [0, 0.05) is 6.26 Å². The van der Waals surface area contributed by atoms with Gasteiger partial charge in [-0.3, -0.25) is 9.59 Å². The molecule has 0 aliphatic heterocycles. The molecule has 1 amide bonds. The minimum Gasteiger partial charge on any atom is -0.480 e. The van der Waals surface area contributed by atoms with E-state index in [9.17, 15) is 26.4 Å². The normalized spacial score (nSPS) is 14.1. The molecule has 0 aromatic rings. The van der Waals surface area contributed by atoms with E-state index < -0.39 is 55.7 Å². The SMILES string of the molecule is CS(=O)(=O)CCS(=O)(=O)N[C@@H](CC(N)=O)C(=O)O. The summed E-state index contributed by atoms with van der Waals surface area (Å²) in [5.74, 6) is -4.00. The number of hydrogen-bond donors (Lipinski definition) is 3. The van der Waals surface area contributed by atoms with E-state index in [0.717, 1.165) is 6.26 Å². The number of sulfone groups is 1. The quantitative estimate of drug-likeness (QED) is 0.439. The van der Waals surface area contributed by atoms with Gasteiger partial charge in [0.15, 0.2) is 0 Å². The van der Waals surface area contributed by atoms with Crippen molar-refractivity contribution in [2.24, 2.45) is 5.73 Å². The molecule has 0 aromatic carbocycles. The zero-order valence-electron chi connectivity index (χ0n) is 9.49. The number of aliphatic carboxylic acids is 1. The van der Waals surface area contributed by atoms with Crippen LogP contribution in [0, 0.1) is 0 Å². The van der Waals surface area contributed by atoms with Crippen LogP contribution in [0.25, 0.3) is 0 Å². The Kier molecular flexibility index (Phi) is 5.70. The van der Waals surface area contributed by atoms with E-state index in [0.29, 0.717) is 0 Å². The van der Waals surface area contributed by atoms with E-state index in [4.69, 9.17) is 10.8 Å². The third-order valence-electron chi connectivity index (χ3n) is 1.75. The van der Waals surface area contributed by atoms with E-state index in [1.807, 2.05) is 0 Å². The minimum atomic E-state index is -4.12. The summed E-state index contributed by atoms with van der Waals surface area (Å²) < 4.78 is 46.1. The van der Waals surface area contributed by atoms with Crippen molar-refractivity contribution in [3.63, 3.8) is 0 Å². The molecule has 0 rings (SSSR count). The molecular weight excluding hydrogens is 288 g/mol. The summed E-state index contributed by atoms with van der Waals surface area (Å²) in [4.78, 5) is 21.2. The highest BCUT2D eigenvalue weighted by Gasteiger charge is 2.26. The summed E-state index contributed by atoms with van der Waals surface area (Å²) in [5.41, 5.74) is 4.76. The largest absolute Gasteiger partial charge is 0.480 e. The molecule has 0 saturated heterocycles. The molecule has 4 N–H and O–H groups in total. The monoisotopic (exact) mass is 302 g/mol. The van der Waals surface area contributed by atoms with Crippen LogP contribution in [0.3, 0.4) is 0 Å². The van der Waals surface area contributed by atoms with E-state index >= 15 is 0 Å². The second kappa shape index (κ2) is 6.11. The van der Waals surface area contributed by atoms with E-state index in [2.05, 4.69) is 0 Å². The number of nitrogens with one attached hydrogen (secondary N) is 1. The summed E-state index contributed by atoms with van der Waals surface area (Å²) in [7, 11) is -7.62. The molecule has 0 fully saturated rings. The zero-order chi connectivity index (χ0) is 14.6. The molecule has 0 radical (unpaired) electrons. The number of nitrogens with two attached hydrogens (primary N) is 1. The van der Waals surface area contributed by atoms with Crippen LogP contribution in [-0.4, -0.2) is 57.6 Å². The Hall–Kier alpha value is -1.20. The van der Waals surface area contributed by atoms with Gasteiger partial charge in [-0.25, -0.2) is 21.6 Å². The molecule has 0 saturated carbocycles. The van der Waals surface area contributed by atoms with Crippen LogP contribution in [0.1, 0.15) is 6.42 Å². The lowest BCUT2D eigenvalue weighted by Gasteiger charge is -2.12. The standard InChI is InChI=1S/C7H14N2O7S2/c1-17(13,14)2-3-18(15,16)9-5(7(11)12)4-6(8)10/h5,9H,2-4H2,1H3,(H2,8,10)(H,11,12)/t5-/m0/s1. The predicted octanol–water partition coefficient (Wildman–Crippen LogP) is -2.72. The predicted molar refractivity (Wildman–Crippen MR) is 61.9 cm³/mol. The van der Waals surface area contributed by atoms with E-state index in [1.54, 1.807) is 4.72 Å². The number of amides is 1. The van der Waals surface area contributed by atoms with Crippen LogP contribution >= 0.6 is 0 Å². The fraction of sp³-hybridized carbons (Fsp3) is 0.714. The summed E-state index contributed by atoms with van der Waals surface area (Å²) in [5, 5.41) is 8.66. The topological polar surface area (TPSA) is 161 Å². The Balaban J connectivity index is 4.72. The maximum atomic E-state index is 11.4. The number of rotatable bonds is 8. The first-order valence-corrected chi connectivity index (χ1v) is 8.33. The average Bonchev–Trinajstić information content (AvgIpc) is 2.11. The zero-order valence-corrected chi connectivity index (χ0v) is 11.1. The van der Waals surface area contributed by atoms with Crippen molar-refractivity contribution in [1.29, 1.82) is 0 Å². The number of sulfonamides is 1. The lowest BCUT2D eigenvalue weighted by Crippen LogP contribution is -2.44. The molecule has 0 heterocycles. The van der Waals surface area contributed by atoms with Crippen molar-refractivity contribution >= 4 is 31.7 Å². The Bertz CT molecular complexity index is 522. The lowest BCUT2D eigenvalue weighted by molar-refractivity contribution is -0.140. The maximum absolute atomic E-state index is 11.4. The van der Waals surface area contributed by atoms with Gasteiger partial charge in [-0.15, -0.1) is 0 Å². The second-order valence-electron chi connectivity index (χ2n) is 3.63. The van der Waals surface area contributed by atoms with Crippen LogP contribution in [0.2, 0.25) is 0 Å². The van der Waals surface area contributed by atoms with Crippen molar-refractivity contribution in [1.82, 2.24) is 4.72 Å². The number of carboxylic acid groups (broad SMARTS) is 1. The van der Waals surface area contributed by atoms with Crippen molar-refractivity contribution < 1.29 is 31.5 Å². The van der Waals surface area contributed by atoms with Crippen molar-refractivity contribution in [2.45, 2.75) is 12.5 Å². The van der Waals surface area contributed by atoms with Gasteiger partial charge in [0.25, 0.3) is 0 Å². The van der Waals surface area contributed by atoms with Crippen molar-refractivity contribution in [2.75, 3.05) is 17.8 Å². The van der Waals surface area contributed by atoms with Crippen molar-refractivity contribution in [3.8, 4) is 0 Å². The molecule has 9 nitrogen and oxygen atoms in total. The van der Waals surface area contributed by atoms with Crippen LogP contribution in [0.4, 0.5) is 0 Å². The Morgan fingerprint density at radius 2 is 1.72 bits per heavy atom. The summed E-state index contributed by atoms with van der Waals surface area (Å²) in [6, 6.07) is -1.70. The number of carboxylic acids is 1. The van der Waals surface area contributed by atoms with Gasteiger partial charge < -0.3 is 10.8 Å². The molecule has 0 spiro atoms. The molecule has 106 valence electrons. The van der Waals surface area contributed by atoms with Crippen molar-refractivity contribution in [3.05, 3.63) is 0 Å². The highest BCUT2D eigenvalue weighted by Crippen LogP contribution is 1.97. The highest BCUT2D eigenvalue weighted by molar-refractivity contribution is 7.93. The van der Waals surface area contributed by atoms with Gasteiger partial charge >= 0.3 is 5.97 Å². The number of carbonyl (C=O) groups is 2. The number of carbonyl (C=O) groups excluding carboxylic acids is 1. The average molecular weight is 302 g/mol. The third kappa shape index (κ3) is 7.97. The lowest BCUT2D eigenvalue weighted by atomic mass is 10.2. The van der Waals surface area contributed by atoms with Gasteiger partial charge in [-0.2, -0.15) is 0 Å². The summed E-state index contributed by atoms with van der Waals surface area (Å²) in [6.07, 6.45) is 0.133. The Labute approximate surface area is 104 Å². The first-order chi connectivity index (χ1) is 7.93. The van der Waals surface area contributed by atoms with Crippen LogP contribution in [0.15, 0.2) is 0 Å². The fourth-order valence-corrected chi connectivity index (χ4v) is 3.74. The van der Waals surface area contributed by atoms with Crippen LogP contribution in [-0.2, 0) is 29.4 Å². The van der Waals surface area contributed by atoms with E-state index in [-0.39, 0.29) is 0 Å². The first-order valence-electron chi connectivity index (χ1n) is 4.62. The van der Waals surface area contributed by atoms with E-state index in [1.165, 1.54) is 0 Å². The molecule has 1 atom stereocenters. The number of primary amides is 1.